The van der Waals surface area contributed by atoms with Crippen LogP contribution in [-0.2, 0) is 0 Å². The zero-order chi connectivity index (χ0) is 14.9. The Morgan fingerprint density at radius 3 is 2.45 bits per heavy atom. The standard InChI is InChI=1S/C13H9Br2ClF2N2/c14-6-1-4-10(17)8(5-6)13(20-19)7-2-3-9(15)11(16)12(7)18/h1-5,13,20H,19H2. The van der Waals surface area contributed by atoms with Crippen molar-refractivity contribution in [3.8, 4) is 0 Å². The van der Waals surface area contributed by atoms with Gasteiger partial charge in [-0.2, -0.15) is 0 Å². The van der Waals surface area contributed by atoms with Crippen molar-refractivity contribution in [2.45, 2.75) is 6.04 Å². The molecule has 2 nitrogen and oxygen atoms in total. The van der Waals surface area contributed by atoms with Crippen LogP contribution >= 0.6 is 43.5 Å². The van der Waals surface area contributed by atoms with Gasteiger partial charge in [0, 0.05) is 20.1 Å². The van der Waals surface area contributed by atoms with Gasteiger partial charge in [0.1, 0.15) is 11.6 Å². The van der Waals surface area contributed by atoms with E-state index in [1.807, 2.05) is 0 Å². The zero-order valence-electron chi connectivity index (χ0n) is 9.93. The lowest BCUT2D eigenvalue weighted by Crippen LogP contribution is -2.30. The summed E-state index contributed by atoms with van der Waals surface area (Å²) in [6.07, 6.45) is 0. The summed E-state index contributed by atoms with van der Waals surface area (Å²) in [5, 5.41) is -0.0712. The van der Waals surface area contributed by atoms with E-state index in [-0.39, 0.29) is 16.1 Å². The van der Waals surface area contributed by atoms with Gasteiger partial charge in [0.15, 0.2) is 0 Å². The van der Waals surface area contributed by atoms with Crippen LogP contribution < -0.4 is 11.3 Å². The summed E-state index contributed by atoms with van der Waals surface area (Å²) in [5.74, 6) is 4.32. The van der Waals surface area contributed by atoms with Gasteiger partial charge in [0.2, 0.25) is 0 Å². The fourth-order valence-corrected chi connectivity index (χ4v) is 2.70. The second-order valence-electron chi connectivity index (χ2n) is 4.03. The maximum Gasteiger partial charge on any atom is 0.148 e. The van der Waals surface area contributed by atoms with Crippen molar-refractivity contribution in [3.63, 3.8) is 0 Å². The quantitative estimate of drug-likeness (QED) is 0.424. The predicted octanol–water partition coefficient (Wildman–Crippen LogP) is 4.70. The predicted molar refractivity (Wildman–Crippen MR) is 82.4 cm³/mol. The maximum atomic E-state index is 14.2. The Kier molecular flexibility index (Phi) is 5.14. The summed E-state index contributed by atoms with van der Waals surface area (Å²) in [5.41, 5.74) is 2.80. The number of nitrogens with two attached hydrogens (primary N) is 1. The summed E-state index contributed by atoms with van der Waals surface area (Å²) >= 11 is 12.2. The van der Waals surface area contributed by atoms with E-state index in [0.29, 0.717) is 8.95 Å². The molecule has 0 radical (unpaired) electrons. The van der Waals surface area contributed by atoms with Gasteiger partial charge in [0.25, 0.3) is 0 Å². The van der Waals surface area contributed by atoms with Crippen LogP contribution in [0.3, 0.4) is 0 Å². The molecule has 0 bridgehead atoms. The molecule has 3 N–H and O–H groups in total. The van der Waals surface area contributed by atoms with Crippen LogP contribution in [0.5, 0.6) is 0 Å². The van der Waals surface area contributed by atoms with Gasteiger partial charge in [-0.05, 0) is 40.2 Å². The van der Waals surface area contributed by atoms with Gasteiger partial charge in [-0.15, -0.1) is 0 Å². The minimum atomic E-state index is -0.849. The molecule has 0 fully saturated rings. The molecule has 2 rings (SSSR count). The van der Waals surface area contributed by atoms with E-state index < -0.39 is 17.7 Å². The zero-order valence-corrected chi connectivity index (χ0v) is 13.9. The molecule has 0 aliphatic carbocycles. The Labute approximate surface area is 136 Å². The Morgan fingerprint density at radius 2 is 1.80 bits per heavy atom. The largest absolute Gasteiger partial charge is 0.271 e. The molecule has 0 saturated heterocycles. The van der Waals surface area contributed by atoms with E-state index in [2.05, 4.69) is 37.3 Å². The van der Waals surface area contributed by atoms with Crippen LogP contribution in [0.1, 0.15) is 17.2 Å². The number of hydrogen-bond donors (Lipinski definition) is 2. The average Bonchev–Trinajstić information content (AvgIpc) is 2.43. The lowest BCUT2D eigenvalue weighted by atomic mass is 9.98. The van der Waals surface area contributed by atoms with Gasteiger partial charge < -0.3 is 0 Å². The Hall–Kier alpha value is -0.530. The Bertz CT molecular complexity index is 653. The summed E-state index contributed by atoms with van der Waals surface area (Å²) in [7, 11) is 0. The number of hydrogen-bond acceptors (Lipinski definition) is 2. The first kappa shape index (κ1) is 15.9. The highest BCUT2D eigenvalue weighted by molar-refractivity contribution is 9.10. The molecule has 1 atom stereocenters. The van der Waals surface area contributed by atoms with Crippen LogP contribution in [0.4, 0.5) is 8.78 Å². The molecule has 0 saturated carbocycles. The van der Waals surface area contributed by atoms with E-state index in [9.17, 15) is 8.78 Å². The normalized spacial score (nSPS) is 12.5. The lowest BCUT2D eigenvalue weighted by Gasteiger charge is -2.19. The highest BCUT2D eigenvalue weighted by Crippen LogP contribution is 2.34. The topological polar surface area (TPSA) is 38.0 Å². The molecule has 0 amide bonds. The molecule has 0 aliphatic rings. The van der Waals surface area contributed by atoms with Crippen LogP contribution in [-0.4, -0.2) is 0 Å². The lowest BCUT2D eigenvalue weighted by molar-refractivity contribution is 0.531. The van der Waals surface area contributed by atoms with Gasteiger partial charge in [-0.3, -0.25) is 5.84 Å². The SMILES string of the molecule is NNC(c1cc(Br)ccc1F)c1ccc(Br)c(Cl)c1F. The molecule has 20 heavy (non-hydrogen) atoms. The molecule has 0 spiro atoms. The van der Waals surface area contributed by atoms with E-state index in [1.54, 1.807) is 12.1 Å². The summed E-state index contributed by atoms with van der Waals surface area (Å²) in [6, 6.07) is 6.60. The van der Waals surface area contributed by atoms with Crippen molar-refractivity contribution in [3.05, 3.63) is 67.1 Å². The first-order valence-corrected chi connectivity index (χ1v) is 7.46. The molecular formula is C13H9Br2ClF2N2. The smallest absolute Gasteiger partial charge is 0.148 e. The highest BCUT2D eigenvalue weighted by atomic mass is 79.9. The Balaban J connectivity index is 2.58. The number of rotatable bonds is 3. The third-order valence-electron chi connectivity index (χ3n) is 2.81. The molecule has 1 unspecified atom stereocenters. The molecule has 0 aliphatic heterocycles. The van der Waals surface area contributed by atoms with E-state index >= 15 is 0 Å². The number of hydrazine groups is 1. The van der Waals surface area contributed by atoms with Crippen LogP contribution in [0, 0.1) is 11.6 Å². The first-order valence-electron chi connectivity index (χ1n) is 5.50. The van der Waals surface area contributed by atoms with Crippen molar-refractivity contribution in [2.75, 3.05) is 0 Å². The van der Waals surface area contributed by atoms with Crippen molar-refractivity contribution in [1.82, 2.24) is 5.43 Å². The summed E-state index contributed by atoms with van der Waals surface area (Å²) in [6.45, 7) is 0. The molecular weight excluding hydrogens is 417 g/mol. The second-order valence-corrected chi connectivity index (χ2v) is 6.18. The third-order valence-corrected chi connectivity index (χ3v) is 4.56. The molecule has 0 aromatic heterocycles. The number of nitrogens with one attached hydrogen (secondary N) is 1. The van der Waals surface area contributed by atoms with Crippen LogP contribution in [0.25, 0.3) is 0 Å². The van der Waals surface area contributed by atoms with Gasteiger partial charge >= 0.3 is 0 Å². The van der Waals surface area contributed by atoms with Gasteiger partial charge in [0.05, 0.1) is 11.1 Å². The maximum absolute atomic E-state index is 14.2. The van der Waals surface area contributed by atoms with Crippen molar-refractivity contribution >= 4 is 43.5 Å². The van der Waals surface area contributed by atoms with Crippen molar-refractivity contribution in [2.24, 2.45) is 5.84 Å². The van der Waals surface area contributed by atoms with Crippen LogP contribution in [0.2, 0.25) is 5.02 Å². The second kappa shape index (κ2) is 6.49. The average molecular weight is 426 g/mol. The number of halogens is 5. The van der Waals surface area contributed by atoms with Gasteiger partial charge in [-0.25, -0.2) is 14.2 Å². The molecule has 106 valence electrons. The van der Waals surface area contributed by atoms with Crippen LogP contribution in [0.15, 0.2) is 39.3 Å². The Morgan fingerprint density at radius 1 is 1.10 bits per heavy atom. The minimum absolute atomic E-state index is 0.0712. The molecule has 2 aromatic rings. The summed E-state index contributed by atoms with van der Waals surface area (Å²) < 4.78 is 29.2. The molecule has 7 heteroatoms. The molecule has 0 heterocycles. The monoisotopic (exact) mass is 424 g/mol. The van der Waals surface area contributed by atoms with E-state index in [0.717, 1.165) is 0 Å². The fourth-order valence-electron chi connectivity index (χ4n) is 1.85. The molecule has 2 aromatic carbocycles. The first-order chi connectivity index (χ1) is 9.45. The number of benzene rings is 2. The fraction of sp³-hybridized carbons (Fsp3) is 0.0769. The summed E-state index contributed by atoms with van der Waals surface area (Å²) in [4.78, 5) is 0. The van der Waals surface area contributed by atoms with Gasteiger partial charge in [-0.1, -0.05) is 33.6 Å². The van der Waals surface area contributed by atoms with E-state index in [4.69, 9.17) is 17.4 Å². The van der Waals surface area contributed by atoms with E-state index in [1.165, 1.54) is 18.2 Å². The van der Waals surface area contributed by atoms with Crippen molar-refractivity contribution < 1.29 is 8.78 Å². The minimum Gasteiger partial charge on any atom is -0.271 e. The van der Waals surface area contributed by atoms with Crippen molar-refractivity contribution in [1.29, 1.82) is 0 Å². The highest BCUT2D eigenvalue weighted by Gasteiger charge is 2.22. The third kappa shape index (κ3) is 3.04.